The first-order chi connectivity index (χ1) is 6.83. The zero-order valence-corrected chi connectivity index (χ0v) is 11.8. The molecule has 0 amide bonds. The Morgan fingerprint density at radius 3 is 1.93 bits per heavy atom. The molecule has 0 aliphatic carbocycles. The van der Waals surface area contributed by atoms with Crippen molar-refractivity contribution in [2.24, 2.45) is 10.8 Å². The Balaban J connectivity index is 3.90. The molecular formula is C15H31. The number of unbranched alkanes of at least 4 members (excludes halogenated alkanes) is 1. The average Bonchev–Trinajstić information content (AvgIpc) is 2.12. The molecule has 0 spiro atoms. The molecular weight excluding hydrogens is 180 g/mol. The summed E-state index contributed by atoms with van der Waals surface area (Å²) in [4.78, 5) is 0. The van der Waals surface area contributed by atoms with Gasteiger partial charge in [-0.2, -0.15) is 0 Å². The molecule has 0 aromatic carbocycles. The van der Waals surface area contributed by atoms with E-state index in [1.807, 2.05) is 0 Å². The molecule has 0 saturated carbocycles. The van der Waals surface area contributed by atoms with Crippen molar-refractivity contribution in [3.8, 4) is 0 Å². The van der Waals surface area contributed by atoms with E-state index in [0.717, 1.165) is 0 Å². The van der Waals surface area contributed by atoms with Gasteiger partial charge in [-0.25, -0.2) is 0 Å². The Kier molecular flexibility index (Phi) is 6.55. The molecule has 0 aromatic rings. The maximum absolute atomic E-state index is 2.55. The van der Waals surface area contributed by atoms with Crippen LogP contribution in [0.15, 0.2) is 0 Å². The zero-order valence-electron chi connectivity index (χ0n) is 11.8. The fourth-order valence-corrected chi connectivity index (χ4v) is 2.07. The van der Waals surface area contributed by atoms with Gasteiger partial charge in [0.15, 0.2) is 0 Å². The Morgan fingerprint density at radius 1 is 0.867 bits per heavy atom. The minimum absolute atomic E-state index is 0.432. The molecule has 0 unspecified atom stereocenters. The van der Waals surface area contributed by atoms with E-state index in [-0.39, 0.29) is 0 Å². The zero-order chi connectivity index (χ0) is 11.9. The normalized spacial score (nSPS) is 13.2. The molecule has 0 aromatic heterocycles. The highest BCUT2D eigenvalue weighted by Crippen LogP contribution is 2.35. The van der Waals surface area contributed by atoms with Crippen molar-refractivity contribution in [3.63, 3.8) is 0 Å². The molecule has 0 aliphatic heterocycles. The average molecular weight is 211 g/mol. The van der Waals surface area contributed by atoms with E-state index in [2.05, 4.69) is 48.0 Å². The van der Waals surface area contributed by atoms with Crippen molar-refractivity contribution in [1.29, 1.82) is 0 Å². The van der Waals surface area contributed by atoms with Crippen LogP contribution in [-0.4, -0.2) is 0 Å². The molecule has 91 valence electrons. The Labute approximate surface area is 97.8 Å². The predicted molar refractivity (Wildman–Crippen MR) is 70.9 cm³/mol. The standard InChI is InChI=1S/C15H31/c1-7-9-11-15(5,6)13-12-14(3,4)10-8-2/h13H,7-12H2,1-6H3. The van der Waals surface area contributed by atoms with Gasteiger partial charge in [0.05, 0.1) is 0 Å². The second-order valence-electron chi connectivity index (χ2n) is 6.41. The third-order valence-electron chi connectivity index (χ3n) is 3.31. The first kappa shape index (κ1) is 15.0. The van der Waals surface area contributed by atoms with Gasteiger partial charge >= 0.3 is 0 Å². The van der Waals surface area contributed by atoms with E-state index >= 15 is 0 Å². The molecule has 0 bridgehead atoms. The summed E-state index contributed by atoms with van der Waals surface area (Å²) in [6, 6.07) is 0. The second kappa shape index (κ2) is 6.55. The van der Waals surface area contributed by atoms with Crippen LogP contribution in [-0.2, 0) is 0 Å². The van der Waals surface area contributed by atoms with Crippen molar-refractivity contribution < 1.29 is 0 Å². The molecule has 0 aliphatic rings. The number of hydrogen-bond acceptors (Lipinski definition) is 0. The van der Waals surface area contributed by atoms with Gasteiger partial charge in [0.2, 0.25) is 0 Å². The maximum atomic E-state index is 2.55. The summed E-state index contributed by atoms with van der Waals surface area (Å²) < 4.78 is 0. The van der Waals surface area contributed by atoms with Gasteiger partial charge in [0.25, 0.3) is 0 Å². The molecule has 0 saturated heterocycles. The van der Waals surface area contributed by atoms with Crippen molar-refractivity contribution >= 4 is 0 Å². The topological polar surface area (TPSA) is 0 Å². The smallest absolute Gasteiger partial charge is 0.0323 e. The van der Waals surface area contributed by atoms with E-state index in [9.17, 15) is 0 Å². The first-order valence-corrected chi connectivity index (χ1v) is 6.67. The molecule has 0 atom stereocenters. The van der Waals surface area contributed by atoms with Crippen LogP contribution in [0.1, 0.15) is 80.1 Å². The monoisotopic (exact) mass is 211 g/mol. The summed E-state index contributed by atoms with van der Waals surface area (Å²) in [6.07, 6.45) is 10.5. The SMILES string of the molecule is CCCCC(C)(C)[CH]CC(C)(C)CCC. The highest BCUT2D eigenvalue weighted by molar-refractivity contribution is 4.89. The lowest BCUT2D eigenvalue weighted by atomic mass is 9.75. The highest BCUT2D eigenvalue weighted by atomic mass is 14.3. The van der Waals surface area contributed by atoms with Crippen LogP contribution in [0.25, 0.3) is 0 Å². The van der Waals surface area contributed by atoms with E-state index in [1.165, 1.54) is 38.5 Å². The van der Waals surface area contributed by atoms with Gasteiger partial charge < -0.3 is 0 Å². The summed E-state index contributed by atoms with van der Waals surface area (Å²) in [5.41, 5.74) is 0.930. The summed E-state index contributed by atoms with van der Waals surface area (Å²) >= 11 is 0. The van der Waals surface area contributed by atoms with Gasteiger partial charge in [0.1, 0.15) is 0 Å². The van der Waals surface area contributed by atoms with E-state index in [1.54, 1.807) is 0 Å². The third kappa shape index (κ3) is 7.88. The van der Waals surface area contributed by atoms with Gasteiger partial charge in [-0.1, -0.05) is 60.8 Å². The molecule has 0 heteroatoms. The van der Waals surface area contributed by atoms with Gasteiger partial charge in [-0.05, 0) is 36.5 Å². The van der Waals surface area contributed by atoms with Crippen molar-refractivity contribution in [3.05, 3.63) is 6.42 Å². The number of hydrogen-bond donors (Lipinski definition) is 0. The Morgan fingerprint density at radius 2 is 1.47 bits per heavy atom. The fraction of sp³-hybridized carbons (Fsp3) is 0.933. The fourth-order valence-electron chi connectivity index (χ4n) is 2.07. The minimum atomic E-state index is 0.432. The largest absolute Gasteiger partial charge is 0.0654 e. The first-order valence-electron chi connectivity index (χ1n) is 6.67. The summed E-state index contributed by atoms with van der Waals surface area (Å²) in [5.74, 6) is 0. The van der Waals surface area contributed by atoms with Crippen LogP contribution in [0.5, 0.6) is 0 Å². The van der Waals surface area contributed by atoms with Crippen LogP contribution < -0.4 is 0 Å². The van der Waals surface area contributed by atoms with Crippen molar-refractivity contribution in [2.45, 2.75) is 80.1 Å². The lowest BCUT2D eigenvalue weighted by Crippen LogP contribution is -2.19. The second-order valence-corrected chi connectivity index (χ2v) is 6.41. The quantitative estimate of drug-likeness (QED) is 0.488. The van der Waals surface area contributed by atoms with Crippen LogP contribution >= 0.6 is 0 Å². The van der Waals surface area contributed by atoms with Gasteiger partial charge in [0, 0.05) is 0 Å². The van der Waals surface area contributed by atoms with E-state index in [0.29, 0.717) is 10.8 Å². The summed E-state index contributed by atoms with van der Waals surface area (Å²) in [6.45, 7) is 14.1. The third-order valence-corrected chi connectivity index (χ3v) is 3.31. The molecule has 0 N–H and O–H groups in total. The molecule has 0 nitrogen and oxygen atoms in total. The maximum Gasteiger partial charge on any atom is -0.0323 e. The van der Waals surface area contributed by atoms with E-state index < -0.39 is 0 Å². The van der Waals surface area contributed by atoms with Crippen molar-refractivity contribution in [2.75, 3.05) is 0 Å². The molecule has 0 rings (SSSR count). The van der Waals surface area contributed by atoms with Gasteiger partial charge in [-0.3, -0.25) is 0 Å². The molecule has 15 heavy (non-hydrogen) atoms. The Bertz CT molecular complexity index is 153. The summed E-state index contributed by atoms with van der Waals surface area (Å²) in [5, 5.41) is 0. The molecule has 1 radical (unpaired) electrons. The van der Waals surface area contributed by atoms with Gasteiger partial charge in [-0.15, -0.1) is 0 Å². The summed E-state index contributed by atoms with van der Waals surface area (Å²) in [7, 11) is 0. The Hall–Kier alpha value is 0. The van der Waals surface area contributed by atoms with Crippen LogP contribution in [0.4, 0.5) is 0 Å². The predicted octanol–water partition coefficient (Wildman–Crippen LogP) is 5.62. The highest BCUT2D eigenvalue weighted by Gasteiger charge is 2.23. The van der Waals surface area contributed by atoms with E-state index in [4.69, 9.17) is 0 Å². The van der Waals surface area contributed by atoms with Crippen LogP contribution in [0.2, 0.25) is 0 Å². The van der Waals surface area contributed by atoms with Crippen LogP contribution in [0.3, 0.4) is 0 Å². The molecule has 0 fully saturated rings. The van der Waals surface area contributed by atoms with Crippen molar-refractivity contribution in [1.82, 2.24) is 0 Å². The van der Waals surface area contributed by atoms with Crippen LogP contribution in [0, 0.1) is 17.3 Å². The number of rotatable bonds is 8. The lowest BCUT2D eigenvalue weighted by Gasteiger charge is -2.30. The molecule has 0 heterocycles. The lowest BCUT2D eigenvalue weighted by molar-refractivity contribution is 0.277. The minimum Gasteiger partial charge on any atom is -0.0654 e.